The number of hydrogen-bond acceptors (Lipinski definition) is 2. The standard InChI is InChI=1S/C17H24O2/c1-3-8-13-11-7-12-17(2,19)15(13)16(18)14-9-5-4-6-10-14/h4-6,9-10,13,15,19H,3,7-8,11-12H2,1-2H3/t13-,15-,17-/m1/s1. The number of carbonyl (C=O) groups is 1. The van der Waals surface area contributed by atoms with Gasteiger partial charge in [-0.15, -0.1) is 0 Å². The van der Waals surface area contributed by atoms with E-state index in [1.54, 1.807) is 0 Å². The van der Waals surface area contributed by atoms with Crippen molar-refractivity contribution in [1.29, 1.82) is 0 Å². The maximum absolute atomic E-state index is 12.7. The highest BCUT2D eigenvalue weighted by atomic mass is 16.3. The fourth-order valence-corrected chi connectivity index (χ4v) is 3.51. The Hall–Kier alpha value is -1.15. The molecule has 0 radical (unpaired) electrons. The molecule has 0 aliphatic heterocycles. The van der Waals surface area contributed by atoms with Crippen LogP contribution in [-0.2, 0) is 0 Å². The minimum atomic E-state index is -0.856. The third kappa shape index (κ3) is 3.06. The first-order valence-electron chi connectivity index (χ1n) is 7.38. The van der Waals surface area contributed by atoms with Gasteiger partial charge in [0.05, 0.1) is 11.5 Å². The van der Waals surface area contributed by atoms with Gasteiger partial charge < -0.3 is 5.11 Å². The van der Waals surface area contributed by atoms with E-state index in [9.17, 15) is 9.90 Å². The zero-order valence-electron chi connectivity index (χ0n) is 11.9. The molecule has 2 heteroatoms. The third-order valence-corrected chi connectivity index (χ3v) is 4.40. The predicted molar refractivity (Wildman–Crippen MR) is 77.1 cm³/mol. The van der Waals surface area contributed by atoms with Gasteiger partial charge in [-0.2, -0.15) is 0 Å². The van der Waals surface area contributed by atoms with Gasteiger partial charge in [-0.05, 0) is 32.1 Å². The van der Waals surface area contributed by atoms with Crippen LogP contribution in [0, 0.1) is 11.8 Å². The highest BCUT2D eigenvalue weighted by molar-refractivity contribution is 5.98. The lowest BCUT2D eigenvalue weighted by atomic mass is 9.65. The summed E-state index contributed by atoms with van der Waals surface area (Å²) in [5.41, 5.74) is -0.124. The third-order valence-electron chi connectivity index (χ3n) is 4.40. The summed E-state index contributed by atoms with van der Waals surface area (Å²) in [5.74, 6) is 0.189. The summed E-state index contributed by atoms with van der Waals surface area (Å²) >= 11 is 0. The van der Waals surface area contributed by atoms with Crippen LogP contribution in [0.25, 0.3) is 0 Å². The molecule has 0 heterocycles. The molecule has 0 saturated heterocycles. The topological polar surface area (TPSA) is 37.3 Å². The number of benzene rings is 1. The summed E-state index contributed by atoms with van der Waals surface area (Å²) in [4.78, 5) is 12.7. The van der Waals surface area contributed by atoms with E-state index in [0.29, 0.717) is 5.92 Å². The van der Waals surface area contributed by atoms with Crippen molar-refractivity contribution in [2.45, 2.75) is 51.6 Å². The van der Waals surface area contributed by atoms with E-state index < -0.39 is 5.60 Å². The fraction of sp³-hybridized carbons (Fsp3) is 0.588. The highest BCUT2D eigenvalue weighted by Gasteiger charge is 2.44. The van der Waals surface area contributed by atoms with Crippen molar-refractivity contribution in [3.63, 3.8) is 0 Å². The van der Waals surface area contributed by atoms with Gasteiger partial charge in [-0.1, -0.05) is 50.1 Å². The molecule has 1 aromatic carbocycles. The summed E-state index contributed by atoms with van der Waals surface area (Å²) in [5, 5.41) is 10.6. The minimum absolute atomic E-state index is 0.115. The van der Waals surface area contributed by atoms with Crippen molar-refractivity contribution in [2.75, 3.05) is 0 Å². The highest BCUT2D eigenvalue weighted by Crippen LogP contribution is 2.41. The summed E-state index contributed by atoms with van der Waals surface area (Å²) < 4.78 is 0. The van der Waals surface area contributed by atoms with Gasteiger partial charge in [-0.3, -0.25) is 4.79 Å². The van der Waals surface area contributed by atoms with E-state index in [0.717, 1.165) is 37.7 Å². The molecule has 0 unspecified atom stereocenters. The molecule has 1 aliphatic carbocycles. The lowest BCUT2D eigenvalue weighted by Crippen LogP contribution is -2.47. The second kappa shape index (κ2) is 5.87. The lowest BCUT2D eigenvalue weighted by Gasteiger charge is -2.42. The molecule has 1 fully saturated rings. The van der Waals surface area contributed by atoms with Crippen LogP contribution >= 0.6 is 0 Å². The first-order valence-corrected chi connectivity index (χ1v) is 7.38. The van der Waals surface area contributed by atoms with Crippen LogP contribution in [0.2, 0.25) is 0 Å². The van der Waals surface area contributed by atoms with E-state index in [2.05, 4.69) is 6.92 Å². The Morgan fingerprint density at radius 1 is 1.37 bits per heavy atom. The molecule has 1 N–H and O–H groups in total. The Morgan fingerprint density at radius 3 is 2.68 bits per heavy atom. The molecule has 1 saturated carbocycles. The van der Waals surface area contributed by atoms with E-state index in [1.165, 1.54) is 0 Å². The Morgan fingerprint density at radius 2 is 2.05 bits per heavy atom. The van der Waals surface area contributed by atoms with E-state index in [1.807, 2.05) is 37.3 Å². The summed E-state index contributed by atoms with van der Waals surface area (Å²) in [6, 6.07) is 9.41. The van der Waals surface area contributed by atoms with Gasteiger partial charge in [0.15, 0.2) is 5.78 Å². The van der Waals surface area contributed by atoms with Gasteiger partial charge in [0, 0.05) is 5.56 Å². The maximum atomic E-state index is 12.7. The summed E-state index contributed by atoms with van der Waals surface area (Å²) in [7, 11) is 0. The zero-order chi connectivity index (χ0) is 13.9. The molecule has 0 bridgehead atoms. The second-order valence-electron chi connectivity index (χ2n) is 6.01. The number of aliphatic hydroxyl groups is 1. The van der Waals surface area contributed by atoms with Crippen LogP contribution in [-0.4, -0.2) is 16.5 Å². The molecular weight excluding hydrogens is 236 g/mol. The minimum Gasteiger partial charge on any atom is -0.389 e. The molecule has 0 spiro atoms. The van der Waals surface area contributed by atoms with E-state index >= 15 is 0 Å². The average Bonchev–Trinajstić information content (AvgIpc) is 2.39. The van der Waals surface area contributed by atoms with Gasteiger partial charge in [0.25, 0.3) is 0 Å². The summed E-state index contributed by atoms with van der Waals surface area (Å²) in [6.45, 7) is 3.98. The normalized spacial score (nSPS) is 31.1. The number of hydrogen-bond donors (Lipinski definition) is 1. The van der Waals surface area contributed by atoms with Gasteiger partial charge in [0.2, 0.25) is 0 Å². The van der Waals surface area contributed by atoms with Crippen LogP contribution in [0.3, 0.4) is 0 Å². The molecule has 2 rings (SSSR count). The Balaban J connectivity index is 2.28. The number of carbonyl (C=O) groups excluding carboxylic acids is 1. The van der Waals surface area contributed by atoms with Crippen molar-refractivity contribution < 1.29 is 9.90 Å². The number of Topliss-reactive ketones (excluding diaryl/α,β-unsaturated/α-hetero) is 1. The van der Waals surface area contributed by atoms with Crippen LogP contribution in [0.5, 0.6) is 0 Å². The van der Waals surface area contributed by atoms with Gasteiger partial charge in [0.1, 0.15) is 0 Å². The number of rotatable bonds is 4. The fourth-order valence-electron chi connectivity index (χ4n) is 3.51. The molecular formula is C17H24O2. The monoisotopic (exact) mass is 260 g/mol. The SMILES string of the molecule is CCC[C@@H]1CCC[C@@](C)(O)[C@H]1C(=O)c1ccccc1. The van der Waals surface area contributed by atoms with Crippen molar-refractivity contribution in [1.82, 2.24) is 0 Å². The van der Waals surface area contributed by atoms with Crippen molar-refractivity contribution in [3.8, 4) is 0 Å². The van der Waals surface area contributed by atoms with Crippen molar-refractivity contribution in [3.05, 3.63) is 35.9 Å². The molecule has 3 atom stereocenters. The summed E-state index contributed by atoms with van der Waals surface area (Å²) in [6.07, 6.45) is 4.92. The van der Waals surface area contributed by atoms with Crippen LogP contribution < -0.4 is 0 Å². The Labute approximate surface area is 115 Å². The Bertz CT molecular complexity index is 420. The smallest absolute Gasteiger partial charge is 0.169 e. The lowest BCUT2D eigenvalue weighted by molar-refractivity contribution is -0.0464. The van der Waals surface area contributed by atoms with Crippen LogP contribution in [0.1, 0.15) is 56.3 Å². The van der Waals surface area contributed by atoms with Crippen LogP contribution in [0.15, 0.2) is 30.3 Å². The van der Waals surface area contributed by atoms with Crippen molar-refractivity contribution >= 4 is 5.78 Å². The molecule has 2 nitrogen and oxygen atoms in total. The molecule has 104 valence electrons. The largest absolute Gasteiger partial charge is 0.389 e. The number of ketones is 1. The molecule has 1 aromatic rings. The van der Waals surface area contributed by atoms with E-state index in [4.69, 9.17) is 0 Å². The Kier molecular flexibility index (Phi) is 4.41. The molecule has 19 heavy (non-hydrogen) atoms. The zero-order valence-corrected chi connectivity index (χ0v) is 11.9. The molecule has 0 aromatic heterocycles. The second-order valence-corrected chi connectivity index (χ2v) is 6.01. The van der Waals surface area contributed by atoms with Gasteiger partial charge >= 0.3 is 0 Å². The average molecular weight is 260 g/mol. The van der Waals surface area contributed by atoms with E-state index in [-0.39, 0.29) is 11.7 Å². The molecule has 1 aliphatic rings. The first kappa shape index (κ1) is 14.3. The molecule has 0 amide bonds. The first-order chi connectivity index (χ1) is 9.06. The predicted octanol–water partition coefficient (Wildman–Crippen LogP) is 3.84. The quantitative estimate of drug-likeness (QED) is 0.835. The van der Waals surface area contributed by atoms with Crippen LogP contribution in [0.4, 0.5) is 0 Å². The van der Waals surface area contributed by atoms with Crippen molar-refractivity contribution in [2.24, 2.45) is 11.8 Å². The van der Waals surface area contributed by atoms with Gasteiger partial charge in [-0.25, -0.2) is 0 Å². The maximum Gasteiger partial charge on any atom is 0.169 e.